The third kappa shape index (κ3) is 14.1. The van der Waals surface area contributed by atoms with Gasteiger partial charge in [0, 0.05) is 102 Å². The van der Waals surface area contributed by atoms with Crippen LogP contribution < -0.4 is 73.7 Å². The second kappa shape index (κ2) is 33.6. The van der Waals surface area contributed by atoms with Crippen LogP contribution in [0.25, 0.3) is 49.7 Å². The predicted molar refractivity (Wildman–Crippen MR) is 553 cm³/mol. The average Bonchev–Trinajstić information content (AvgIpc) is 1.55. The maximum Gasteiger partial charge on any atom is 0.252 e. The van der Waals surface area contributed by atoms with Crippen molar-refractivity contribution < 1.29 is 0 Å². The van der Waals surface area contributed by atoms with Crippen molar-refractivity contribution in [3.8, 4) is 27.9 Å². The smallest absolute Gasteiger partial charge is 0.252 e. The molecule has 1 aromatic heterocycles. The lowest BCUT2D eigenvalue weighted by Crippen LogP contribution is -2.61. The molecule has 612 valence electrons. The number of fused-ring (bicyclic) bond motifs is 11. The molecule has 0 atom stereocenters. The summed E-state index contributed by atoms with van der Waals surface area (Å²) in [6, 6.07) is 166. The maximum atomic E-state index is 2.50. The van der Waals surface area contributed by atoms with Crippen LogP contribution in [-0.4, -0.2) is 24.7 Å². The Labute approximate surface area is 758 Å². The highest BCUT2D eigenvalue weighted by Crippen LogP contribution is 2.49. The summed E-state index contributed by atoms with van der Waals surface area (Å²) in [7, 11) is 0. The van der Waals surface area contributed by atoms with Crippen molar-refractivity contribution in [3.05, 3.63) is 488 Å². The van der Waals surface area contributed by atoms with E-state index >= 15 is 0 Å². The normalized spacial score (nSPS) is 12.3. The predicted octanol–water partition coefficient (Wildman–Crippen LogP) is 25.5. The first-order valence-electron chi connectivity index (χ1n) is 45.0. The highest BCUT2D eigenvalue weighted by molar-refractivity contribution is 7.01. The minimum Gasteiger partial charge on any atom is -0.311 e. The molecule has 0 amide bonds. The molecule has 0 bridgehead atoms. The number of nitrogens with zero attached hydrogens (tertiary/aromatic N) is 6. The number of aromatic nitrogens is 1. The topological polar surface area (TPSA) is 21.1 Å². The van der Waals surface area contributed by atoms with E-state index in [0.29, 0.717) is 0 Å². The standard InChI is InChI=1S/C54H38BN3.C36H34BN.C30H21BN2/c1-6-18-39(19-7-1)41-22-16-29-46(36-41)58-51-31-17-30-50-54(51)55(48-34-32-42(37-52(48)58)40-20-8-2-9-21-40)49-35-33-47(38-53(49)57(50)45-27-14-5-15-28-45)56(43-23-10-3-11-24-43)44-25-12-4-13-26-44;1-23-19-25(3)35(26(4)20-23)37(36-27(5)21-24(2)22-28(36)6)31-15-9-12-18-34(31)38-32-16-10-7-13-29(32)30-14-8-11-17-33(30)38;1-3-12-22(13-4-1)32-26-18-9-7-16-24(26)31-25-17-8-10-19-27(25)33(23-14-5-2-6-15-23)29-21-11-20-28(32)30(29)31/h1-38H;7-22H,1-6H3;1-21H. The first-order chi connectivity index (χ1) is 63.6. The number of benzene rings is 19. The molecular weight excluding hydrogens is 1560 g/mol. The summed E-state index contributed by atoms with van der Waals surface area (Å²) in [5.41, 5.74) is 46.4. The zero-order valence-electron chi connectivity index (χ0n) is 73.2. The van der Waals surface area contributed by atoms with Crippen LogP contribution in [0.5, 0.6) is 0 Å². The van der Waals surface area contributed by atoms with Gasteiger partial charge < -0.3 is 29.1 Å². The molecule has 0 aliphatic carbocycles. The summed E-state index contributed by atoms with van der Waals surface area (Å²) in [5.74, 6) is 0. The molecule has 4 aliphatic heterocycles. The Balaban J connectivity index is 0.000000120. The Kier molecular flexibility index (Phi) is 20.6. The van der Waals surface area contributed by atoms with Crippen LogP contribution in [0.15, 0.2) is 455 Å². The molecule has 129 heavy (non-hydrogen) atoms. The Morgan fingerprint density at radius 2 is 0.535 bits per heavy atom. The van der Waals surface area contributed by atoms with Gasteiger partial charge in [-0.3, -0.25) is 0 Å². The van der Waals surface area contributed by atoms with Crippen LogP contribution in [0.4, 0.5) is 85.3 Å². The fourth-order valence-electron chi connectivity index (χ4n) is 21.5. The SMILES string of the molecule is Cc1cc(C)c(B(c2ccccc2-n2c3ccccc3c3ccccc32)c2c(C)cc(C)cc2C)c(C)c1.c1ccc(-c2cccc(N3c4cc(-c5ccccc5)ccc4B4c5ccc(N(c6ccccc6)c6ccccc6)cc5N(c5ccccc5)c5cccc3c54)c2)cc1.c1ccc(N2c3ccccc3B3c4ccccc4N(c4ccccc4)c4cccc2c43)cc1. The van der Waals surface area contributed by atoms with Gasteiger partial charge in [-0.25, -0.2) is 0 Å². The lowest BCUT2D eigenvalue weighted by Gasteiger charge is -2.44. The van der Waals surface area contributed by atoms with E-state index < -0.39 is 0 Å². The van der Waals surface area contributed by atoms with Gasteiger partial charge in [-0.1, -0.05) is 354 Å². The second-order valence-corrected chi connectivity index (χ2v) is 34.5. The fourth-order valence-corrected chi connectivity index (χ4v) is 21.5. The van der Waals surface area contributed by atoms with E-state index in [1.54, 1.807) is 0 Å². The molecule has 0 saturated heterocycles. The highest BCUT2D eigenvalue weighted by Gasteiger charge is 2.46. The van der Waals surface area contributed by atoms with E-state index in [2.05, 4.69) is 526 Å². The summed E-state index contributed by atoms with van der Waals surface area (Å²) < 4.78 is 2.48. The van der Waals surface area contributed by atoms with Crippen molar-refractivity contribution in [2.75, 3.05) is 24.5 Å². The molecule has 0 N–H and O–H groups in total. The van der Waals surface area contributed by atoms with Gasteiger partial charge >= 0.3 is 0 Å². The summed E-state index contributed by atoms with van der Waals surface area (Å²) >= 11 is 0. The number of rotatable bonds is 13. The molecule has 0 unspecified atom stereocenters. The van der Waals surface area contributed by atoms with Crippen LogP contribution in [0.1, 0.15) is 33.4 Å². The minimum absolute atomic E-state index is 0.00509. The zero-order valence-corrected chi connectivity index (χ0v) is 73.2. The number of aryl methyl sites for hydroxylation is 6. The summed E-state index contributed by atoms with van der Waals surface area (Å²) in [5, 5.41) is 2.58. The lowest BCUT2D eigenvalue weighted by atomic mass is 9.33. The Hall–Kier alpha value is -15.8. The van der Waals surface area contributed by atoms with Crippen molar-refractivity contribution in [1.82, 2.24) is 4.57 Å². The molecule has 6 nitrogen and oxygen atoms in total. The van der Waals surface area contributed by atoms with E-state index in [-0.39, 0.29) is 20.1 Å². The van der Waals surface area contributed by atoms with Gasteiger partial charge in [0.15, 0.2) is 0 Å². The number of hydrogen-bond donors (Lipinski definition) is 0. The Bertz CT molecular complexity index is 7310. The molecule has 24 rings (SSSR count). The first-order valence-corrected chi connectivity index (χ1v) is 45.0. The zero-order chi connectivity index (χ0) is 86.7. The second-order valence-electron chi connectivity index (χ2n) is 34.5. The van der Waals surface area contributed by atoms with Crippen molar-refractivity contribution in [2.24, 2.45) is 0 Å². The molecular formula is C120H93B3N6. The van der Waals surface area contributed by atoms with Crippen molar-refractivity contribution >= 4 is 176 Å². The van der Waals surface area contributed by atoms with Gasteiger partial charge in [0.05, 0.1) is 11.0 Å². The molecule has 20 aromatic rings. The van der Waals surface area contributed by atoms with Crippen LogP contribution in [0.3, 0.4) is 0 Å². The van der Waals surface area contributed by atoms with E-state index in [1.165, 1.54) is 189 Å². The fraction of sp³-hybridized carbons (Fsp3) is 0.0500. The van der Waals surface area contributed by atoms with Crippen molar-refractivity contribution in [3.63, 3.8) is 0 Å². The Morgan fingerprint density at radius 1 is 0.217 bits per heavy atom. The maximum absolute atomic E-state index is 2.50. The van der Waals surface area contributed by atoms with Gasteiger partial charge in [0.25, 0.3) is 13.4 Å². The van der Waals surface area contributed by atoms with Gasteiger partial charge in [-0.2, -0.15) is 0 Å². The van der Waals surface area contributed by atoms with Crippen LogP contribution >= 0.6 is 0 Å². The number of para-hydroxylation sites is 10. The molecule has 0 fully saturated rings. The summed E-state index contributed by atoms with van der Waals surface area (Å²) in [4.78, 5) is 12.2. The van der Waals surface area contributed by atoms with Crippen LogP contribution in [-0.2, 0) is 0 Å². The Morgan fingerprint density at radius 3 is 0.992 bits per heavy atom. The molecule has 19 aromatic carbocycles. The molecule has 0 saturated carbocycles. The monoisotopic (exact) mass is 1650 g/mol. The van der Waals surface area contributed by atoms with Crippen LogP contribution in [0.2, 0.25) is 0 Å². The minimum atomic E-state index is 0.00509. The average molecular weight is 1650 g/mol. The third-order valence-electron chi connectivity index (χ3n) is 26.6. The van der Waals surface area contributed by atoms with E-state index in [4.69, 9.17) is 0 Å². The van der Waals surface area contributed by atoms with E-state index in [1.807, 2.05) is 0 Å². The quantitative estimate of drug-likeness (QED) is 0.107. The van der Waals surface area contributed by atoms with Crippen molar-refractivity contribution in [2.45, 2.75) is 41.5 Å². The van der Waals surface area contributed by atoms with Crippen molar-refractivity contribution in [1.29, 1.82) is 0 Å². The van der Waals surface area contributed by atoms with Gasteiger partial charge in [-0.05, 0) is 248 Å². The molecule has 4 aliphatic rings. The van der Waals surface area contributed by atoms with Gasteiger partial charge in [-0.15, -0.1) is 0 Å². The molecule has 0 spiro atoms. The summed E-state index contributed by atoms with van der Waals surface area (Å²) in [6.45, 7) is 13.9. The lowest BCUT2D eigenvalue weighted by molar-refractivity contribution is 1.19. The highest BCUT2D eigenvalue weighted by atomic mass is 15.2. The van der Waals surface area contributed by atoms with Crippen LogP contribution in [0, 0.1) is 41.5 Å². The van der Waals surface area contributed by atoms with E-state index in [0.717, 1.165) is 28.4 Å². The number of anilines is 15. The van der Waals surface area contributed by atoms with Gasteiger partial charge in [0.1, 0.15) is 0 Å². The largest absolute Gasteiger partial charge is 0.311 e. The molecule has 5 heterocycles. The first kappa shape index (κ1) is 79.1. The van der Waals surface area contributed by atoms with E-state index in [9.17, 15) is 0 Å². The molecule has 9 heteroatoms. The van der Waals surface area contributed by atoms with Gasteiger partial charge in [0.2, 0.25) is 6.71 Å². The molecule has 0 radical (unpaired) electrons. The summed E-state index contributed by atoms with van der Waals surface area (Å²) in [6.07, 6.45) is 0. The number of hydrogen-bond acceptors (Lipinski definition) is 5. The third-order valence-corrected chi connectivity index (χ3v) is 26.6.